The first-order valence-corrected chi connectivity index (χ1v) is 8.07. The fourth-order valence-corrected chi connectivity index (χ4v) is 3.40. The highest BCUT2D eigenvalue weighted by Crippen LogP contribution is 2.42. The van der Waals surface area contributed by atoms with E-state index in [1.807, 2.05) is 36.9 Å². The fourth-order valence-electron chi connectivity index (χ4n) is 3.40. The number of nitrogens with zero attached hydrogens (tertiary/aromatic N) is 2. The molecule has 3 heterocycles. The molecule has 0 radical (unpaired) electrons. The number of amides is 1. The Kier molecular flexibility index (Phi) is 4.34. The highest BCUT2D eigenvalue weighted by Gasteiger charge is 2.54. The molecule has 0 aromatic carbocycles. The van der Waals surface area contributed by atoms with E-state index in [9.17, 15) is 4.79 Å². The van der Waals surface area contributed by atoms with Crippen molar-refractivity contribution in [1.29, 1.82) is 0 Å². The van der Waals surface area contributed by atoms with Crippen LogP contribution in [0.1, 0.15) is 26.7 Å². The number of hydrogen-bond acceptors (Lipinski definition) is 4. The van der Waals surface area contributed by atoms with E-state index in [1.165, 1.54) is 0 Å². The summed E-state index contributed by atoms with van der Waals surface area (Å²) in [6, 6.07) is 5.67. The van der Waals surface area contributed by atoms with Crippen LogP contribution in [0.2, 0.25) is 0 Å². The van der Waals surface area contributed by atoms with Crippen LogP contribution in [0.15, 0.2) is 24.4 Å². The summed E-state index contributed by atoms with van der Waals surface area (Å²) in [6.07, 6.45) is 3.73. The van der Waals surface area contributed by atoms with Crippen LogP contribution in [0.25, 0.3) is 0 Å². The summed E-state index contributed by atoms with van der Waals surface area (Å²) in [5.41, 5.74) is -0.127. The zero-order valence-electron chi connectivity index (χ0n) is 13.3. The Balaban J connectivity index is 1.49. The molecule has 1 aromatic rings. The van der Waals surface area contributed by atoms with Gasteiger partial charge in [0.25, 0.3) is 0 Å². The van der Waals surface area contributed by atoms with Crippen molar-refractivity contribution in [2.45, 2.75) is 32.3 Å². The van der Waals surface area contributed by atoms with Gasteiger partial charge >= 0.3 is 0 Å². The summed E-state index contributed by atoms with van der Waals surface area (Å²) in [6.45, 7) is 6.79. The van der Waals surface area contributed by atoms with Gasteiger partial charge in [-0.2, -0.15) is 0 Å². The van der Waals surface area contributed by atoms with Crippen LogP contribution in [0.4, 0.5) is 0 Å². The molecule has 2 fully saturated rings. The second-order valence-corrected chi connectivity index (χ2v) is 6.55. The molecule has 120 valence electrons. The minimum Gasteiger partial charge on any atom is -0.478 e. The van der Waals surface area contributed by atoms with Crippen LogP contribution in [0, 0.1) is 11.8 Å². The van der Waals surface area contributed by atoms with E-state index < -0.39 is 0 Å². The summed E-state index contributed by atoms with van der Waals surface area (Å²) >= 11 is 0. The van der Waals surface area contributed by atoms with Crippen molar-refractivity contribution in [2.24, 2.45) is 11.8 Å². The van der Waals surface area contributed by atoms with E-state index in [1.54, 1.807) is 6.20 Å². The molecule has 2 saturated heterocycles. The summed E-state index contributed by atoms with van der Waals surface area (Å²) < 4.78 is 11.7. The van der Waals surface area contributed by atoms with Gasteiger partial charge in [0.1, 0.15) is 5.60 Å². The molecule has 1 amide bonds. The lowest BCUT2D eigenvalue weighted by atomic mass is 9.78. The van der Waals surface area contributed by atoms with Gasteiger partial charge in [0.05, 0.1) is 19.7 Å². The van der Waals surface area contributed by atoms with Crippen molar-refractivity contribution in [3.63, 3.8) is 0 Å². The third-order valence-electron chi connectivity index (χ3n) is 4.68. The van der Waals surface area contributed by atoms with Crippen molar-refractivity contribution in [3.8, 4) is 5.88 Å². The standard InChI is InChI=1S/C17H24N2O3/c1-13(2)16(20)19-11-17(12-19)14(7-10-22-17)6-9-21-15-5-3-4-8-18-15/h3-5,8,13-14H,6-7,9-12H2,1-2H3/t14-/m0/s1. The summed E-state index contributed by atoms with van der Waals surface area (Å²) in [5.74, 6) is 1.42. The van der Waals surface area contributed by atoms with Crippen molar-refractivity contribution in [3.05, 3.63) is 24.4 Å². The smallest absolute Gasteiger partial charge is 0.225 e. The Bertz CT molecular complexity index is 512. The van der Waals surface area contributed by atoms with Gasteiger partial charge in [-0.1, -0.05) is 19.9 Å². The molecule has 1 atom stereocenters. The molecule has 0 aliphatic carbocycles. The molecule has 0 bridgehead atoms. The number of likely N-dealkylation sites (tertiary alicyclic amines) is 1. The SMILES string of the molecule is CC(C)C(=O)N1CC2(C1)OCC[C@@H]2CCOc1ccccn1. The first kappa shape index (κ1) is 15.3. The maximum Gasteiger partial charge on any atom is 0.225 e. The molecule has 2 aliphatic heterocycles. The van der Waals surface area contributed by atoms with E-state index in [4.69, 9.17) is 9.47 Å². The minimum absolute atomic E-state index is 0.0599. The van der Waals surface area contributed by atoms with Gasteiger partial charge in [-0.15, -0.1) is 0 Å². The van der Waals surface area contributed by atoms with Crippen LogP contribution in [-0.2, 0) is 9.53 Å². The van der Waals surface area contributed by atoms with Crippen LogP contribution in [0.5, 0.6) is 5.88 Å². The molecular formula is C17H24N2O3. The molecule has 3 rings (SSSR count). The molecule has 2 aliphatic rings. The van der Waals surface area contributed by atoms with Crippen molar-refractivity contribution in [2.75, 3.05) is 26.3 Å². The molecule has 1 spiro atoms. The van der Waals surface area contributed by atoms with Crippen molar-refractivity contribution in [1.82, 2.24) is 9.88 Å². The Morgan fingerprint density at radius 2 is 2.32 bits per heavy atom. The monoisotopic (exact) mass is 304 g/mol. The summed E-state index contributed by atoms with van der Waals surface area (Å²) in [4.78, 5) is 18.1. The van der Waals surface area contributed by atoms with Crippen molar-refractivity contribution < 1.29 is 14.3 Å². The zero-order chi connectivity index (χ0) is 15.6. The Morgan fingerprint density at radius 3 is 3.00 bits per heavy atom. The lowest BCUT2D eigenvalue weighted by Gasteiger charge is -2.50. The van der Waals surface area contributed by atoms with Gasteiger partial charge in [-0.25, -0.2) is 4.98 Å². The lowest BCUT2D eigenvalue weighted by molar-refractivity contribution is -0.168. The Hall–Kier alpha value is -1.62. The van der Waals surface area contributed by atoms with E-state index in [0.29, 0.717) is 18.4 Å². The highest BCUT2D eigenvalue weighted by molar-refractivity contribution is 5.79. The third kappa shape index (κ3) is 2.95. The first-order chi connectivity index (χ1) is 10.6. The van der Waals surface area contributed by atoms with Crippen LogP contribution < -0.4 is 4.74 Å². The number of rotatable bonds is 5. The predicted octanol–water partition coefficient (Wildman–Crippen LogP) is 2.12. The molecule has 5 nitrogen and oxygen atoms in total. The maximum absolute atomic E-state index is 12.0. The maximum atomic E-state index is 12.0. The number of hydrogen-bond donors (Lipinski definition) is 0. The minimum atomic E-state index is -0.127. The molecule has 22 heavy (non-hydrogen) atoms. The van der Waals surface area contributed by atoms with Gasteiger partial charge in [-0.05, 0) is 24.8 Å². The number of carbonyl (C=O) groups excluding carboxylic acids is 1. The van der Waals surface area contributed by atoms with E-state index in [0.717, 1.165) is 32.5 Å². The van der Waals surface area contributed by atoms with E-state index in [2.05, 4.69) is 4.98 Å². The normalized spacial score (nSPS) is 22.9. The quantitative estimate of drug-likeness (QED) is 0.836. The third-order valence-corrected chi connectivity index (χ3v) is 4.68. The van der Waals surface area contributed by atoms with Gasteiger partial charge in [0.15, 0.2) is 0 Å². The first-order valence-electron chi connectivity index (χ1n) is 8.07. The molecule has 0 unspecified atom stereocenters. The van der Waals surface area contributed by atoms with Gasteiger partial charge < -0.3 is 14.4 Å². The Labute approximate surface area is 131 Å². The molecular weight excluding hydrogens is 280 g/mol. The average molecular weight is 304 g/mol. The molecule has 0 N–H and O–H groups in total. The number of ether oxygens (including phenoxy) is 2. The number of pyridine rings is 1. The fraction of sp³-hybridized carbons (Fsp3) is 0.647. The number of aromatic nitrogens is 1. The average Bonchev–Trinajstić information content (AvgIpc) is 2.90. The largest absolute Gasteiger partial charge is 0.478 e. The number of carbonyl (C=O) groups is 1. The van der Waals surface area contributed by atoms with Gasteiger partial charge in [0.2, 0.25) is 11.8 Å². The summed E-state index contributed by atoms with van der Waals surface area (Å²) in [7, 11) is 0. The van der Waals surface area contributed by atoms with E-state index >= 15 is 0 Å². The zero-order valence-corrected chi connectivity index (χ0v) is 13.3. The van der Waals surface area contributed by atoms with E-state index in [-0.39, 0.29) is 17.4 Å². The second-order valence-electron chi connectivity index (χ2n) is 6.55. The van der Waals surface area contributed by atoms with Gasteiger partial charge in [0, 0.05) is 24.8 Å². The van der Waals surface area contributed by atoms with Crippen LogP contribution in [0.3, 0.4) is 0 Å². The highest BCUT2D eigenvalue weighted by atomic mass is 16.5. The topological polar surface area (TPSA) is 51.7 Å². The molecule has 0 saturated carbocycles. The van der Waals surface area contributed by atoms with Gasteiger partial charge in [-0.3, -0.25) is 4.79 Å². The predicted molar refractivity (Wildman–Crippen MR) is 82.6 cm³/mol. The van der Waals surface area contributed by atoms with Crippen LogP contribution >= 0.6 is 0 Å². The second kappa shape index (κ2) is 6.24. The van der Waals surface area contributed by atoms with Crippen LogP contribution in [-0.4, -0.2) is 47.7 Å². The lowest BCUT2D eigenvalue weighted by Crippen LogP contribution is -2.66. The molecule has 1 aromatic heterocycles. The van der Waals surface area contributed by atoms with Crippen molar-refractivity contribution >= 4 is 5.91 Å². The molecule has 5 heteroatoms. The summed E-state index contributed by atoms with van der Waals surface area (Å²) in [5, 5.41) is 0. The Morgan fingerprint density at radius 1 is 1.50 bits per heavy atom.